The largest absolute Gasteiger partial charge is 0.348 e. The molecular formula is C18H27N7O2. The molecule has 1 amide bonds. The second-order valence-electron chi connectivity index (χ2n) is 7.32. The van der Waals surface area contributed by atoms with Crippen molar-refractivity contribution < 1.29 is 4.79 Å². The summed E-state index contributed by atoms with van der Waals surface area (Å²) in [6.07, 6.45) is 2.11. The molecule has 9 nitrogen and oxygen atoms in total. The summed E-state index contributed by atoms with van der Waals surface area (Å²) in [6, 6.07) is 1.68. The number of aromatic nitrogens is 5. The summed E-state index contributed by atoms with van der Waals surface area (Å²) in [5.74, 6) is 1.18. The van der Waals surface area contributed by atoms with Gasteiger partial charge in [0, 0.05) is 31.2 Å². The van der Waals surface area contributed by atoms with E-state index in [1.165, 1.54) is 0 Å². The van der Waals surface area contributed by atoms with Crippen molar-refractivity contribution in [3.8, 4) is 0 Å². The Bertz CT molecular complexity index is 864. The van der Waals surface area contributed by atoms with Gasteiger partial charge in [0.15, 0.2) is 0 Å². The van der Waals surface area contributed by atoms with Gasteiger partial charge in [-0.25, -0.2) is 19.4 Å². The minimum absolute atomic E-state index is 0.00981. The first-order chi connectivity index (χ1) is 12.8. The Morgan fingerprint density at radius 2 is 2.07 bits per heavy atom. The van der Waals surface area contributed by atoms with Crippen LogP contribution in [0.15, 0.2) is 10.9 Å². The number of likely N-dealkylation sites (N-methyl/N-ethyl adjacent to an activating group) is 1. The van der Waals surface area contributed by atoms with E-state index in [9.17, 15) is 9.59 Å². The number of nitrogens with one attached hydrogen (secondary N) is 1. The molecule has 27 heavy (non-hydrogen) atoms. The fourth-order valence-corrected chi connectivity index (χ4v) is 3.31. The van der Waals surface area contributed by atoms with Crippen LogP contribution in [0.3, 0.4) is 0 Å². The van der Waals surface area contributed by atoms with Gasteiger partial charge in [-0.3, -0.25) is 9.36 Å². The molecule has 2 aromatic rings. The molecule has 0 saturated heterocycles. The quantitative estimate of drug-likeness (QED) is 0.801. The fraction of sp³-hybridized carbons (Fsp3) is 0.611. The third kappa shape index (κ3) is 4.60. The molecule has 1 atom stereocenters. The molecular weight excluding hydrogens is 346 g/mol. The van der Waals surface area contributed by atoms with Crippen molar-refractivity contribution >= 4 is 5.91 Å². The Balaban J connectivity index is 1.65. The molecule has 1 aliphatic heterocycles. The minimum Gasteiger partial charge on any atom is -0.348 e. The number of rotatable bonds is 5. The molecule has 0 aliphatic carbocycles. The number of amides is 1. The number of aryl methyl sites for hydroxylation is 3. The first-order valence-corrected chi connectivity index (χ1v) is 9.28. The van der Waals surface area contributed by atoms with Gasteiger partial charge in [-0.1, -0.05) is 0 Å². The monoisotopic (exact) mass is 373 g/mol. The van der Waals surface area contributed by atoms with Crippen molar-refractivity contribution in [2.45, 2.75) is 52.2 Å². The summed E-state index contributed by atoms with van der Waals surface area (Å²) in [4.78, 5) is 35.5. The van der Waals surface area contributed by atoms with Crippen LogP contribution in [0.2, 0.25) is 0 Å². The van der Waals surface area contributed by atoms with Gasteiger partial charge in [0.05, 0.1) is 6.54 Å². The van der Waals surface area contributed by atoms with Crippen LogP contribution in [0.5, 0.6) is 0 Å². The Morgan fingerprint density at radius 3 is 2.78 bits per heavy atom. The number of hydrogen-bond donors (Lipinski definition) is 1. The highest BCUT2D eigenvalue weighted by Gasteiger charge is 2.23. The van der Waals surface area contributed by atoms with Gasteiger partial charge in [0.1, 0.15) is 17.3 Å². The van der Waals surface area contributed by atoms with Crippen molar-refractivity contribution in [3.05, 3.63) is 39.6 Å². The average Bonchev–Trinajstić information content (AvgIpc) is 2.76. The van der Waals surface area contributed by atoms with E-state index in [1.807, 2.05) is 25.9 Å². The highest BCUT2D eigenvalue weighted by Crippen LogP contribution is 2.13. The Hall–Kier alpha value is -2.55. The summed E-state index contributed by atoms with van der Waals surface area (Å²) >= 11 is 0. The molecule has 146 valence electrons. The van der Waals surface area contributed by atoms with Crippen LogP contribution in [-0.4, -0.2) is 61.8 Å². The van der Waals surface area contributed by atoms with Crippen molar-refractivity contribution in [1.82, 2.24) is 34.5 Å². The standard InChI is InChI=1S/C18H27N7O2/c1-12-11-15(20-13(2)19-12)17(26)21-14-5-6-16-22-25(10-9-23(3)4)18(27)24(16)8-7-14/h11,14H,5-10H2,1-4H3,(H,21,26). The van der Waals surface area contributed by atoms with E-state index < -0.39 is 0 Å². The van der Waals surface area contributed by atoms with Gasteiger partial charge >= 0.3 is 5.69 Å². The van der Waals surface area contributed by atoms with Crippen LogP contribution in [0, 0.1) is 13.8 Å². The zero-order valence-corrected chi connectivity index (χ0v) is 16.4. The van der Waals surface area contributed by atoms with Crippen LogP contribution in [0.1, 0.15) is 40.7 Å². The van der Waals surface area contributed by atoms with E-state index in [0.29, 0.717) is 37.4 Å². The molecule has 9 heteroatoms. The van der Waals surface area contributed by atoms with Gasteiger partial charge < -0.3 is 10.2 Å². The number of nitrogens with zero attached hydrogens (tertiary/aromatic N) is 6. The van der Waals surface area contributed by atoms with Crippen molar-refractivity contribution in [3.63, 3.8) is 0 Å². The molecule has 0 saturated carbocycles. The minimum atomic E-state index is -0.198. The van der Waals surface area contributed by atoms with Crippen molar-refractivity contribution in [2.75, 3.05) is 20.6 Å². The lowest BCUT2D eigenvalue weighted by molar-refractivity contribution is 0.0927. The zero-order valence-electron chi connectivity index (χ0n) is 16.4. The van der Waals surface area contributed by atoms with Gasteiger partial charge in [0.25, 0.3) is 5.91 Å². The second-order valence-corrected chi connectivity index (χ2v) is 7.32. The maximum Gasteiger partial charge on any atom is 0.345 e. The molecule has 2 aromatic heterocycles. The topological polar surface area (TPSA) is 97.9 Å². The summed E-state index contributed by atoms with van der Waals surface area (Å²) < 4.78 is 3.28. The molecule has 3 heterocycles. The molecule has 0 radical (unpaired) electrons. The van der Waals surface area contributed by atoms with Crippen molar-refractivity contribution in [2.24, 2.45) is 0 Å². The van der Waals surface area contributed by atoms with Gasteiger partial charge in [-0.15, -0.1) is 0 Å². The Labute approximate surface area is 158 Å². The highest BCUT2D eigenvalue weighted by atomic mass is 16.2. The van der Waals surface area contributed by atoms with Crippen LogP contribution >= 0.6 is 0 Å². The average molecular weight is 373 g/mol. The number of carbonyl (C=O) groups is 1. The van der Waals surface area contributed by atoms with E-state index in [2.05, 4.69) is 20.4 Å². The lowest BCUT2D eigenvalue weighted by Crippen LogP contribution is -2.36. The van der Waals surface area contributed by atoms with Crippen molar-refractivity contribution in [1.29, 1.82) is 0 Å². The van der Waals surface area contributed by atoms with E-state index in [-0.39, 0.29) is 17.6 Å². The predicted octanol–water partition coefficient (Wildman–Crippen LogP) is 0.148. The van der Waals surface area contributed by atoms with Crippen LogP contribution in [0.25, 0.3) is 0 Å². The van der Waals surface area contributed by atoms with Gasteiger partial charge in [-0.05, 0) is 46.9 Å². The highest BCUT2D eigenvalue weighted by molar-refractivity contribution is 5.92. The first kappa shape index (κ1) is 19.2. The fourth-order valence-electron chi connectivity index (χ4n) is 3.31. The molecule has 3 rings (SSSR count). The molecule has 1 aliphatic rings. The number of hydrogen-bond acceptors (Lipinski definition) is 6. The number of fused-ring (bicyclic) bond motifs is 1. The van der Waals surface area contributed by atoms with Gasteiger partial charge in [0.2, 0.25) is 0 Å². The molecule has 1 N–H and O–H groups in total. The van der Waals surface area contributed by atoms with Crippen LogP contribution in [-0.2, 0) is 19.5 Å². The second kappa shape index (κ2) is 7.99. The SMILES string of the molecule is Cc1cc(C(=O)NC2CCc3nn(CCN(C)C)c(=O)n3CC2)nc(C)n1. The maximum atomic E-state index is 12.5. The lowest BCUT2D eigenvalue weighted by atomic mass is 10.1. The van der Waals surface area contributed by atoms with Crippen LogP contribution < -0.4 is 11.0 Å². The summed E-state index contributed by atoms with van der Waals surface area (Å²) in [5, 5.41) is 7.53. The Kier molecular flexibility index (Phi) is 5.69. The molecule has 0 spiro atoms. The summed E-state index contributed by atoms with van der Waals surface area (Å²) in [5.41, 5.74) is 1.08. The van der Waals surface area contributed by atoms with Gasteiger partial charge in [-0.2, -0.15) is 5.10 Å². The third-order valence-electron chi connectivity index (χ3n) is 4.71. The number of carbonyl (C=O) groups excluding carboxylic acids is 1. The van der Waals surface area contributed by atoms with E-state index in [4.69, 9.17) is 0 Å². The molecule has 0 bridgehead atoms. The molecule has 0 aromatic carbocycles. The lowest BCUT2D eigenvalue weighted by Gasteiger charge is -2.16. The predicted molar refractivity (Wildman–Crippen MR) is 101 cm³/mol. The molecule has 1 unspecified atom stereocenters. The third-order valence-corrected chi connectivity index (χ3v) is 4.71. The van der Waals surface area contributed by atoms with E-state index in [0.717, 1.165) is 24.5 Å². The normalized spacial score (nSPS) is 16.9. The van der Waals surface area contributed by atoms with Crippen LogP contribution in [0.4, 0.5) is 0 Å². The van der Waals surface area contributed by atoms with E-state index >= 15 is 0 Å². The van der Waals surface area contributed by atoms with E-state index in [1.54, 1.807) is 22.2 Å². The zero-order chi connectivity index (χ0) is 19.6. The summed E-state index contributed by atoms with van der Waals surface area (Å²) in [6.45, 7) is 5.53. The smallest absolute Gasteiger partial charge is 0.345 e. The Morgan fingerprint density at radius 1 is 1.30 bits per heavy atom. The first-order valence-electron chi connectivity index (χ1n) is 9.28. The summed E-state index contributed by atoms with van der Waals surface area (Å²) in [7, 11) is 3.94. The molecule has 0 fully saturated rings. The maximum absolute atomic E-state index is 12.5.